The minimum atomic E-state index is -0.107. The van der Waals surface area contributed by atoms with E-state index in [0.29, 0.717) is 18.5 Å². The van der Waals surface area contributed by atoms with Crippen molar-refractivity contribution < 1.29 is 9.90 Å². The maximum atomic E-state index is 11.5. The van der Waals surface area contributed by atoms with Gasteiger partial charge in [0.05, 0.1) is 5.69 Å². The molecule has 0 saturated heterocycles. The molecule has 1 amide bonds. The zero-order valence-electron chi connectivity index (χ0n) is 9.78. The average molecular weight is 246 g/mol. The SMILES string of the molecule is O=C(CCCO)Nc1cccc(-n2cnnc2)c1. The number of carbonyl (C=O) groups excluding carboxylic acids is 1. The van der Waals surface area contributed by atoms with Crippen LogP contribution in [0.3, 0.4) is 0 Å². The van der Waals surface area contributed by atoms with Gasteiger partial charge in [0.2, 0.25) is 5.91 Å². The summed E-state index contributed by atoms with van der Waals surface area (Å²) < 4.78 is 1.75. The van der Waals surface area contributed by atoms with E-state index in [-0.39, 0.29) is 12.5 Å². The lowest BCUT2D eigenvalue weighted by atomic mass is 10.2. The number of carbonyl (C=O) groups is 1. The number of nitrogens with one attached hydrogen (secondary N) is 1. The second kappa shape index (κ2) is 5.92. The first-order valence-corrected chi connectivity index (χ1v) is 5.65. The van der Waals surface area contributed by atoms with Gasteiger partial charge in [0, 0.05) is 18.7 Å². The summed E-state index contributed by atoms with van der Waals surface area (Å²) in [6.45, 7) is 0.0220. The zero-order valence-corrected chi connectivity index (χ0v) is 9.78. The van der Waals surface area contributed by atoms with Gasteiger partial charge < -0.3 is 10.4 Å². The second-order valence-corrected chi connectivity index (χ2v) is 3.79. The van der Waals surface area contributed by atoms with E-state index >= 15 is 0 Å². The van der Waals surface area contributed by atoms with Crippen LogP contribution in [0.15, 0.2) is 36.9 Å². The summed E-state index contributed by atoms with van der Waals surface area (Å²) in [6, 6.07) is 7.38. The third-order valence-corrected chi connectivity index (χ3v) is 2.41. The molecule has 94 valence electrons. The molecule has 0 saturated carbocycles. The van der Waals surface area contributed by atoms with Crippen LogP contribution in [-0.2, 0) is 4.79 Å². The van der Waals surface area contributed by atoms with Crippen molar-refractivity contribution in [2.24, 2.45) is 0 Å². The molecule has 0 unspecified atom stereocenters. The van der Waals surface area contributed by atoms with Crippen LogP contribution in [0.5, 0.6) is 0 Å². The molecule has 2 aromatic rings. The number of aliphatic hydroxyl groups excluding tert-OH is 1. The molecule has 6 heteroatoms. The van der Waals surface area contributed by atoms with Crippen LogP contribution in [0.25, 0.3) is 5.69 Å². The summed E-state index contributed by atoms with van der Waals surface area (Å²) in [5.41, 5.74) is 1.59. The number of benzene rings is 1. The van der Waals surface area contributed by atoms with Crippen molar-refractivity contribution in [3.63, 3.8) is 0 Å². The van der Waals surface area contributed by atoms with Crippen LogP contribution in [0.2, 0.25) is 0 Å². The predicted octanol–water partition coefficient (Wildman–Crippen LogP) is 0.978. The van der Waals surface area contributed by atoms with Crippen molar-refractivity contribution in [3.8, 4) is 5.69 Å². The number of anilines is 1. The Bertz CT molecular complexity index is 511. The highest BCUT2D eigenvalue weighted by Gasteiger charge is 2.03. The standard InChI is InChI=1S/C12H14N4O2/c17-6-2-5-12(18)15-10-3-1-4-11(7-10)16-8-13-14-9-16/h1,3-4,7-9,17H,2,5-6H2,(H,15,18). The Hall–Kier alpha value is -2.21. The number of amides is 1. The van der Waals surface area contributed by atoms with Gasteiger partial charge in [-0.2, -0.15) is 0 Å². The van der Waals surface area contributed by atoms with E-state index in [1.807, 2.05) is 24.3 Å². The van der Waals surface area contributed by atoms with Crippen LogP contribution < -0.4 is 5.32 Å². The maximum Gasteiger partial charge on any atom is 0.224 e. The molecule has 0 aliphatic rings. The van der Waals surface area contributed by atoms with Crippen LogP contribution >= 0.6 is 0 Å². The second-order valence-electron chi connectivity index (χ2n) is 3.79. The van der Waals surface area contributed by atoms with Crippen molar-refractivity contribution in [1.29, 1.82) is 0 Å². The Morgan fingerprint density at radius 2 is 2.11 bits per heavy atom. The summed E-state index contributed by atoms with van der Waals surface area (Å²) in [7, 11) is 0. The fourth-order valence-electron chi connectivity index (χ4n) is 1.54. The quantitative estimate of drug-likeness (QED) is 0.824. The van der Waals surface area contributed by atoms with Gasteiger partial charge in [0.15, 0.2) is 0 Å². The molecule has 2 rings (SSSR count). The summed E-state index contributed by atoms with van der Waals surface area (Å²) in [6.07, 6.45) is 3.96. The lowest BCUT2D eigenvalue weighted by Crippen LogP contribution is -2.11. The first kappa shape index (κ1) is 12.3. The molecule has 0 aliphatic heterocycles. The zero-order chi connectivity index (χ0) is 12.8. The average Bonchev–Trinajstić information content (AvgIpc) is 2.90. The molecular weight excluding hydrogens is 232 g/mol. The molecule has 0 spiro atoms. The highest BCUT2D eigenvalue weighted by Crippen LogP contribution is 2.14. The molecular formula is C12H14N4O2. The molecule has 6 nitrogen and oxygen atoms in total. The fraction of sp³-hybridized carbons (Fsp3) is 0.250. The van der Waals surface area contributed by atoms with Gasteiger partial charge in [-0.25, -0.2) is 0 Å². The minimum Gasteiger partial charge on any atom is -0.396 e. The Balaban J connectivity index is 2.06. The summed E-state index contributed by atoms with van der Waals surface area (Å²) in [4.78, 5) is 11.5. The van der Waals surface area contributed by atoms with E-state index in [1.165, 1.54) is 0 Å². The fourth-order valence-corrected chi connectivity index (χ4v) is 1.54. The number of aliphatic hydroxyl groups is 1. The lowest BCUT2D eigenvalue weighted by Gasteiger charge is -2.07. The van der Waals surface area contributed by atoms with Crippen LogP contribution in [0.4, 0.5) is 5.69 Å². The monoisotopic (exact) mass is 246 g/mol. The Morgan fingerprint density at radius 3 is 2.83 bits per heavy atom. The van der Waals surface area contributed by atoms with Crippen LogP contribution in [0.1, 0.15) is 12.8 Å². The number of hydrogen-bond donors (Lipinski definition) is 2. The normalized spacial score (nSPS) is 10.3. The van der Waals surface area contributed by atoms with Gasteiger partial charge in [-0.1, -0.05) is 6.07 Å². The molecule has 2 N–H and O–H groups in total. The van der Waals surface area contributed by atoms with Crippen LogP contribution in [-0.4, -0.2) is 32.4 Å². The number of rotatable bonds is 5. The number of aromatic nitrogens is 3. The van der Waals surface area contributed by atoms with Crippen molar-refractivity contribution >= 4 is 11.6 Å². The highest BCUT2D eigenvalue weighted by molar-refractivity contribution is 5.90. The number of hydrogen-bond acceptors (Lipinski definition) is 4. The summed E-state index contributed by atoms with van der Waals surface area (Å²) >= 11 is 0. The molecule has 1 heterocycles. The molecule has 0 bridgehead atoms. The van der Waals surface area contributed by atoms with Gasteiger partial charge in [0.25, 0.3) is 0 Å². The smallest absolute Gasteiger partial charge is 0.224 e. The minimum absolute atomic E-state index is 0.0220. The summed E-state index contributed by atoms with van der Waals surface area (Å²) in [5, 5.41) is 18.9. The molecule has 0 atom stereocenters. The Morgan fingerprint density at radius 1 is 1.33 bits per heavy atom. The van der Waals surface area contributed by atoms with Crippen LogP contribution in [0, 0.1) is 0 Å². The van der Waals surface area contributed by atoms with E-state index in [1.54, 1.807) is 17.2 Å². The van der Waals surface area contributed by atoms with Gasteiger partial charge in [0.1, 0.15) is 12.7 Å². The molecule has 0 radical (unpaired) electrons. The molecule has 1 aromatic heterocycles. The Kier molecular flexibility index (Phi) is 4.03. The first-order valence-electron chi connectivity index (χ1n) is 5.65. The molecule has 0 aliphatic carbocycles. The van der Waals surface area contributed by atoms with Gasteiger partial charge in [-0.15, -0.1) is 10.2 Å². The molecule has 1 aromatic carbocycles. The molecule has 0 fully saturated rings. The first-order chi connectivity index (χ1) is 8.79. The summed E-state index contributed by atoms with van der Waals surface area (Å²) in [5.74, 6) is -0.107. The lowest BCUT2D eigenvalue weighted by molar-refractivity contribution is -0.116. The van der Waals surface area contributed by atoms with E-state index < -0.39 is 0 Å². The largest absolute Gasteiger partial charge is 0.396 e. The van der Waals surface area contributed by atoms with Crippen molar-refractivity contribution in [2.45, 2.75) is 12.8 Å². The van der Waals surface area contributed by atoms with E-state index in [4.69, 9.17) is 5.11 Å². The predicted molar refractivity (Wildman–Crippen MR) is 66.3 cm³/mol. The molecule has 18 heavy (non-hydrogen) atoms. The Labute approximate surface area is 104 Å². The topological polar surface area (TPSA) is 80.0 Å². The van der Waals surface area contributed by atoms with E-state index in [9.17, 15) is 4.79 Å². The van der Waals surface area contributed by atoms with E-state index in [2.05, 4.69) is 15.5 Å². The third kappa shape index (κ3) is 3.14. The van der Waals surface area contributed by atoms with Crippen molar-refractivity contribution in [2.75, 3.05) is 11.9 Å². The number of nitrogens with zero attached hydrogens (tertiary/aromatic N) is 3. The van der Waals surface area contributed by atoms with E-state index in [0.717, 1.165) is 5.69 Å². The van der Waals surface area contributed by atoms with Gasteiger partial charge >= 0.3 is 0 Å². The van der Waals surface area contributed by atoms with Gasteiger partial charge in [-0.3, -0.25) is 9.36 Å². The van der Waals surface area contributed by atoms with Crippen molar-refractivity contribution in [3.05, 3.63) is 36.9 Å². The third-order valence-electron chi connectivity index (χ3n) is 2.41. The maximum absolute atomic E-state index is 11.5. The van der Waals surface area contributed by atoms with Gasteiger partial charge in [-0.05, 0) is 24.6 Å². The highest BCUT2D eigenvalue weighted by atomic mass is 16.3. The van der Waals surface area contributed by atoms with Crippen molar-refractivity contribution in [1.82, 2.24) is 14.8 Å².